The molecule has 0 spiro atoms. The Bertz CT molecular complexity index is 2600. The van der Waals surface area contributed by atoms with Crippen LogP contribution in [0.5, 0.6) is 0 Å². The molecule has 6 atom stereocenters. The predicted molar refractivity (Wildman–Crippen MR) is 511 cm³/mol. The number of carbonyl (C=O) groups is 6. The van der Waals surface area contributed by atoms with E-state index in [9.17, 15) is 43.0 Å². The molecular formula is C98H192N4O21P2. The van der Waals surface area contributed by atoms with E-state index >= 15 is 0 Å². The molecule has 740 valence electrons. The van der Waals surface area contributed by atoms with Gasteiger partial charge in [-0.15, -0.1) is 13.2 Å². The van der Waals surface area contributed by atoms with Crippen molar-refractivity contribution in [1.82, 2.24) is 21.3 Å². The van der Waals surface area contributed by atoms with Crippen LogP contribution in [0, 0.1) is 0 Å². The average molecular weight is 1820 g/mol. The molecule has 0 aliphatic rings. The zero-order valence-electron chi connectivity index (χ0n) is 81.9. The number of rotatable bonds is 89. The van der Waals surface area contributed by atoms with E-state index in [-0.39, 0.29) is 89.8 Å². The SMILES string of the molecule is C=CCOP(=O)(OCCNC(=O)OC(C)(C)C)OC[C@H](COCC[C@@H](CCCCCCC)OC(=O)CCCCCCCCCCC)NC(=O)CCCCCCCCCCCCC.C=CCOP(=O)(OCCNC(=O)OC(C)(C)C)OC[C@H](COCC[C@H](O)CCCCCCC)NC(=O)CCCCCCCCCCCCC.CCCCCCCCCCCC(=O)O. The molecule has 0 heterocycles. The Morgan fingerprint density at radius 2 is 0.632 bits per heavy atom. The molecule has 0 aliphatic heterocycles. The third-order valence-electron chi connectivity index (χ3n) is 20.7. The second-order valence-electron chi connectivity index (χ2n) is 35.7. The van der Waals surface area contributed by atoms with Crippen molar-refractivity contribution in [3.63, 3.8) is 0 Å². The Morgan fingerprint density at radius 1 is 0.344 bits per heavy atom. The molecule has 0 saturated carbocycles. The summed E-state index contributed by atoms with van der Waals surface area (Å²) in [4.78, 5) is 73.1. The fourth-order valence-corrected chi connectivity index (χ4v) is 15.9. The summed E-state index contributed by atoms with van der Waals surface area (Å²) in [7, 11) is -8.19. The fraction of sp³-hybridized carbons (Fsp3) is 0.898. The van der Waals surface area contributed by atoms with E-state index in [0.717, 1.165) is 116 Å². The first-order valence-electron chi connectivity index (χ1n) is 50.2. The van der Waals surface area contributed by atoms with Gasteiger partial charge in [-0.3, -0.25) is 46.3 Å². The fourth-order valence-electron chi connectivity index (χ4n) is 13.5. The zero-order chi connectivity index (χ0) is 93.3. The maximum absolute atomic E-state index is 13.6. The number of esters is 1. The number of ether oxygens (including phenoxy) is 5. The number of carbonyl (C=O) groups excluding carboxylic acids is 5. The maximum atomic E-state index is 13.6. The minimum Gasteiger partial charge on any atom is -0.481 e. The standard InChI is InChI=1S/C49H95N2O10P.C37H73N2O9P.C12H24O2/c1-8-12-15-18-20-22-23-25-26-29-32-35-46(52)51-44(43-59-62(55,57-39-11-4)58-41-38-50-48(54)61-49(5,6)7)42-56-40-37-45(34-31-28-17-14-10-3)60-47(53)36-33-30-27-24-21-19-16-13-9-2;1-7-10-12-14-15-16-17-18-19-21-23-25-35(41)39-33(31-44-29-26-34(40)24-22-20-13-11-8-2)32-47-49(43,45-28-9-3)46-30-27-38-36(42)48-37(4,5)6;1-2-3-4-5-6-7-8-9-10-11-12(13)14/h11,44-45H,4,8-10,12-43H2,1-3,5-7H3,(H,50,54)(H,51,52);9,33-34,40H,3,7-8,10-32H2,1-2,4-6H3,(H,38,42)(H,39,41);2-11H2,1H3,(H,13,14)/t44-,45+,62?;33-,34+,49?;/m00./s1. The molecule has 125 heavy (non-hydrogen) atoms. The summed E-state index contributed by atoms with van der Waals surface area (Å²) in [6.07, 6.45) is 64.4. The second kappa shape index (κ2) is 90.5. The van der Waals surface area contributed by atoms with E-state index in [2.05, 4.69) is 76.0 Å². The number of aliphatic hydroxyl groups is 1. The van der Waals surface area contributed by atoms with Crippen molar-refractivity contribution in [3.8, 4) is 0 Å². The number of nitrogens with one attached hydrogen (secondary N) is 4. The molecule has 0 aromatic rings. The van der Waals surface area contributed by atoms with E-state index < -0.39 is 63.2 Å². The van der Waals surface area contributed by atoms with E-state index in [1.165, 1.54) is 230 Å². The number of unbranched alkanes of at least 4 members (excludes halogenated alkanes) is 44. The lowest BCUT2D eigenvalue weighted by atomic mass is 10.1. The van der Waals surface area contributed by atoms with Crippen molar-refractivity contribution >= 4 is 51.6 Å². The third kappa shape index (κ3) is 95.9. The summed E-state index contributed by atoms with van der Waals surface area (Å²) in [5, 5.41) is 29.8. The highest BCUT2D eigenvalue weighted by Crippen LogP contribution is 2.50. The first-order valence-corrected chi connectivity index (χ1v) is 53.1. The van der Waals surface area contributed by atoms with E-state index in [1.807, 2.05) is 0 Å². The molecule has 27 heteroatoms. The molecule has 0 aliphatic carbocycles. The van der Waals surface area contributed by atoms with Crippen LogP contribution in [0.2, 0.25) is 0 Å². The van der Waals surface area contributed by atoms with Gasteiger partial charge in [0.25, 0.3) is 0 Å². The summed E-state index contributed by atoms with van der Waals surface area (Å²) in [6, 6.07) is -1.27. The smallest absolute Gasteiger partial charge is 0.475 e. The van der Waals surface area contributed by atoms with Crippen LogP contribution in [0.1, 0.15) is 455 Å². The Kier molecular flexibility index (Phi) is 90.6. The van der Waals surface area contributed by atoms with Crippen LogP contribution < -0.4 is 21.3 Å². The molecule has 0 saturated heterocycles. The number of amides is 4. The topological polar surface area (TPSA) is 327 Å². The van der Waals surface area contributed by atoms with Gasteiger partial charge in [0.2, 0.25) is 11.8 Å². The predicted octanol–water partition coefficient (Wildman–Crippen LogP) is 26.8. The highest BCUT2D eigenvalue weighted by atomic mass is 31.2. The van der Waals surface area contributed by atoms with Crippen LogP contribution in [0.3, 0.4) is 0 Å². The van der Waals surface area contributed by atoms with Gasteiger partial charge in [-0.25, -0.2) is 18.7 Å². The monoisotopic (exact) mass is 1820 g/mol. The van der Waals surface area contributed by atoms with Crippen LogP contribution in [0.4, 0.5) is 9.59 Å². The van der Waals surface area contributed by atoms with Crippen molar-refractivity contribution in [3.05, 3.63) is 25.3 Å². The van der Waals surface area contributed by atoms with Crippen molar-refractivity contribution in [2.75, 3.05) is 79.2 Å². The maximum Gasteiger partial charge on any atom is 0.475 e. The molecule has 2 unspecified atom stereocenters. The van der Waals surface area contributed by atoms with E-state index in [0.29, 0.717) is 51.7 Å². The Balaban J connectivity index is -0.00000209. The molecule has 25 nitrogen and oxygen atoms in total. The minimum absolute atomic E-state index is 0.00544. The third-order valence-corrected chi connectivity index (χ3v) is 23.6. The van der Waals surface area contributed by atoms with Crippen LogP contribution in [0.25, 0.3) is 0 Å². The van der Waals surface area contributed by atoms with Crippen molar-refractivity contribution in [1.29, 1.82) is 0 Å². The zero-order valence-corrected chi connectivity index (χ0v) is 83.7. The number of hydrogen-bond acceptors (Lipinski definition) is 20. The number of carboxylic acid groups (broad SMARTS) is 1. The molecule has 0 fully saturated rings. The molecule has 0 aromatic carbocycles. The first kappa shape index (κ1) is 125. The Labute approximate surface area is 763 Å². The van der Waals surface area contributed by atoms with Crippen LogP contribution >= 0.6 is 15.6 Å². The summed E-state index contributed by atoms with van der Waals surface area (Å²) in [6.45, 7) is 31.0. The number of aliphatic hydroxyl groups excluding tert-OH is 1. The van der Waals surface area contributed by atoms with Crippen LogP contribution in [-0.4, -0.2) is 161 Å². The quantitative estimate of drug-likeness (QED) is 0.0108. The van der Waals surface area contributed by atoms with Gasteiger partial charge in [0.15, 0.2) is 0 Å². The number of phosphoric acid groups is 2. The largest absolute Gasteiger partial charge is 0.481 e. The van der Waals surface area contributed by atoms with Gasteiger partial charge in [0.1, 0.15) is 17.3 Å². The molecule has 4 amide bonds. The molecular weight excluding hydrogens is 1630 g/mol. The summed E-state index contributed by atoms with van der Waals surface area (Å²) < 4.78 is 88.5. The first-order chi connectivity index (χ1) is 60.1. The lowest BCUT2D eigenvalue weighted by Gasteiger charge is -2.23. The number of alkyl carbamates (subject to hydrolysis) is 2. The highest BCUT2D eigenvalue weighted by Gasteiger charge is 2.31. The highest BCUT2D eigenvalue weighted by molar-refractivity contribution is 7.48. The van der Waals surface area contributed by atoms with Crippen LogP contribution in [0.15, 0.2) is 25.3 Å². The number of carboxylic acids is 1. The molecule has 0 rings (SSSR count). The lowest BCUT2D eigenvalue weighted by molar-refractivity contribution is -0.150. The summed E-state index contributed by atoms with van der Waals surface area (Å²) in [5.41, 5.74) is -1.32. The number of phosphoric ester groups is 2. The average Bonchev–Trinajstić information content (AvgIpc) is 0.887. The molecule has 0 bridgehead atoms. The Hall–Kier alpha value is -4.00. The van der Waals surface area contributed by atoms with E-state index in [1.54, 1.807) is 41.5 Å². The minimum atomic E-state index is -4.12. The second-order valence-corrected chi connectivity index (χ2v) is 39.1. The molecule has 6 N–H and O–H groups in total. The van der Waals surface area contributed by atoms with E-state index in [4.69, 9.17) is 55.9 Å². The van der Waals surface area contributed by atoms with Gasteiger partial charge >= 0.3 is 39.8 Å². The Morgan fingerprint density at radius 3 is 0.944 bits per heavy atom. The van der Waals surface area contributed by atoms with Gasteiger partial charge in [0.05, 0.1) is 77.6 Å². The normalized spacial score (nSPS) is 13.4. The van der Waals surface area contributed by atoms with Crippen molar-refractivity contribution < 1.29 is 98.9 Å². The van der Waals surface area contributed by atoms with Crippen LogP contribution in [-0.2, 0) is 79.1 Å². The van der Waals surface area contributed by atoms with Gasteiger partial charge in [-0.05, 0) is 92.9 Å². The van der Waals surface area contributed by atoms with Gasteiger partial charge < -0.3 is 55.2 Å². The molecule has 0 aromatic heterocycles. The molecule has 0 radical (unpaired) electrons. The number of aliphatic carboxylic acids is 1. The van der Waals surface area contributed by atoms with Crippen molar-refractivity contribution in [2.24, 2.45) is 0 Å². The number of hydrogen-bond donors (Lipinski definition) is 6. The summed E-state index contributed by atoms with van der Waals surface area (Å²) >= 11 is 0. The lowest BCUT2D eigenvalue weighted by Crippen LogP contribution is -2.41. The summed E-state index contributed by atoms with van der Waals surface area (Å²) in [5.74, 6) is -1.08. The van der Waals surface area contributed by atoms with Gasteiger partial charge in [0, 0.05) is 51.8 Å². The van der Waals surface area contributed by atoms with Crippen molar-refractivity contribution in [2.45, 2.75) is 491 Å². The van der Waals surface area contributed by atoms with Gasteiger partial charge in [-0.1, -0.05) is 343 Å². The van der Waals surface area contributed by atoms with Gasteiger partial charge in [-0.2, -0.15) is 0 Å².